The maximum atomic E-state index is 14.5. The summed E-state index contributed by atoms with van der Waals surface area (Å²) in [5, 5.41) is 14.6. The van der Waals surface area contributed by atoms with E-state index in [1.54, 1.807) is 16.7 Å². The minimum absolute atomic E-state index is 0.359. The van der Waals surface area contributed by atoms with Gasteiger partial charge in [0.05, 0.1) is 11.7 Å². The lowest BCUT2D eigenvalue weighted by molar-refractivity contribution is 0.596. The van der Waals surface area contributed by atoms with Gasteiger partial charge in [-0.05, 0) is 52.9 Å². The van der Waals surface area contributed by atoms with Crippen LogP contribution in [-0.2, 0) is 13.0 Å². The summed E-state index contributed by atoms with van der Waals surface area (Å²) in [6.45, 7) is 4.57. The molecule has 3 aromatic heterocycles. The number of aromatic nitrogens is 8. The zero-order valence-corrected chi connectivity index (χ0v) is 27.0. The van der Waals surface area contributed by atoms with Crippen LogP contribution < -0.4 is 11.2 Å². The molecule has 0 amide bonds. The summed E-state index contributed by atoms with van der Waals surface area (Å²) in [5.74, 6) is 1.32. The van der Waals surface area contributed by atoms with E-state index < -0.39 is 5.69 Å². The molecule has 1 atom stereocenters. The van der Waals surface area contributed by atoms with Crippen molar-refractivity contribution in [2.24, 2.45) is 0 Å². The molecule has 0 aliphatic rings. The van der Waals surface area contributed by atoms with Crippen molar-refractivity contribution in [1.29, 1.82) is 0 Å². The van der Waals surface area contributed by atoms with E-state index in [9.17, 15) is 9.59 Å². The lowest BCUT2D eigenvalue weighted by Crippen LogP contribution is -2.40. The summed E-state index contributed by atoms with van der Waals surface area (Å²) in [7, 11) is 0. The molecule has 3 heterocycles. The highest BCUT2D eigenvalue weighted by molar-refractivity contribution is 5.80. The number of benzene rings is 4. The number of unbranched alkanes of at least 4 members (excludes halogenated alkanes) is 2. The number of aromatic amines is 1. The van der Waals surface area contributed by atoms with Gasteiger partial charge >= 0.3 is 5.69 Å². The van der Waals surface area contributed by atoms with Gasteiger partial charge in [0.15, 0.2) is 11.2 Å². The summed E-state index contributed by atoms with van der Waals surface area (Å²) in [5.41, 5.74) is 5.40. The second-order valence-electron chi connectivity index (χ2n) is 11.9. The van der Waals surface area contributed by atoms with Crippen molar-refractivity contribution in [3.63, 3.8) is 0 Å². The molecule has 0 aliphatic heterocycles. The number of para-hydroxylation sites is 1. The highest BCUT2D eigenvalue weighted by atomic mass is 16.2. The van der Waals surface area contributed by atoms with Crippen molar-refractivity contribution in [3.8, 4) is 28.2 Å². The molecular formula is C38H36N8O2. The average molecular weight is 637 g/mol. The predicted molar refractivity (Wildman–Crippen MR) is 187 cm³/mol. The maximum absolute atomic E-state index is 14.5. The molecule has 0 aliphatic carbocycles. The number of nitrogens with one attached hydrogen (secondary N) is 1. The summed E-state index contributed by atoms with van der Waals surface area (Å²) in [4.78, 5) is 33.9. The van der Waals surface area contributed by atoms with E-state index in [4.69, 9.17) is 4.98 Å². The first-order chi connectivity index (χ1) is 23.5. The van der Waals surface area contributed by atoms with Crippen LogP contribution in [0.4, 0.5) is 0 Å². The van der Waals surface area contributed by atoms with Gasteiger partial charge in [-0.3, -0.25) is 9.36 Å². The fraction of sp³-hybridized carbons (Fsp3) is 0.211. The minimum atomic E-state index is -0.413. The van der Waals surface area contributed by atoms with Gasteiger partial charge in [0.1, 0.15) is 5.82 Å². The SMILES string of the molecule is CCCCCc1nc2c(c(=O)n(-c3ccccc3)c(=O)n2C(C)c2ccccc2)n1Cc1ccc(-c2ccccc2-c2nn[nH]n2)cc1. The van der Waals surface area contributed by atoms with Crippen LogP contribution in [0.3, 0.4) is 0 Å². The molecule has 240 valence electrons. The monoisotopic (exact) mass is 636 g/mol. The summed E-state index contributed by atoms with van der Waals surface area (Å²) < 4.78 is 4.98. The Labute approximate surface area is 277 Å². The van der Waals surface area contributed by atoms with Gasteiger partial charge < -0.3 is 4.57 Å². The third-order valence-electron chi connectivity index (χ3n) is 8.87. The van der Waals surface area contributed by atoms with Gasteiger partial charge in [0.25, 0.3) is 5.56 Å². The molecule has 10 heteroatoms. The van der Waals surface area contributed by atoms with Crippen LogP contribution in [0.2, 0.25) is 0 Å². The Bertz CT molecular complexity index is 2270. The van der Waals surface area contributed by atoms with Crippen LogP contribution in [0, 0.1) is 0 Å². The summed E-state index contributed by atoms with van der Waals surface area (Å²) >= 11 is 0. The second kappa shape index (κ2) is 13.4. The minimum Gasteiger partial charge on any atom is -0.318 e. The molecule has 1 unspecified atom stereocenters. The fourth-order valence-corrected chi connectivity index (χ4v) is 6.36. The Morgan fingerprint density at radius 3 is 2.17 bits per heavy atom. The summed E-state index contributed by atoms with van der Waals surface area (Å²) in [6.07, 6.45) is 3.72. The normalized spacial score (nSPS) is 12.0. The van der Waals surface area contributed by atoms with Gasteiger partial charge in [-0.2, -0.15) is 5.21 Å². The first kappa shape index (κ1) is 30.7. The van der Waals surface area contributed by atoms with Crippen molar-refractivity contribution in [2.75, 3.05) is 0 Å². The standard InChI is InChI=1S/C38H36N8O2/c1-3-4-7-20-33-39-36-34(37(47)46(30-16-10-6-11-17-30)38(48)45(36)26(2)28-14-8-5-9-15-28)44(33)25-27-21-23-29(24-22-27)31-18-12-13-19-32(31)35-40-42-43-41-35/h5-6,8-19,21-24,26H,3-4,7,20,25H2,1-2H3,(H,40,41,42,43). The maximum Gasteiger partial charge on any atom is 0.337 e. The van der Waals surface area contributed by atoms with E-state index in [1.165, 1.54) is 4.57 Å². The number of fused-ring (bicyclic) bond motifs is 1. The number of aryl methyl sites for hydroxylation is 1. The van der Waals surface area contributed by atoms with Crippen LogP contribution >= 0.6 is 0 Å². The Morgan fingerprint density at radius 1 is 0.792 bits per heavy atom. The Balaban J connectivity index is 1.39. The molecule has 7 rings (SSSR count). The van der Waals surface area contributed by atoms with E-state index in [2.05, 4.69) is 51.8 Å². The number of hydrogen-bond acceptors (Lipinski definition) is 6. The van der Waals surface area contributed by atoms with Gasteiger partial charge in [-0.15, -0.1) is 10.2 Å². The molecule has 7 aromatic rings. The van der Waals surface area contributed by atoms with E-state index in [1.807, 2.05) is 84.3 Å². The Kier molecular flexibility index (Phi) is 8.61. The summed E-state index contributed by atoms with van der Waals surface area (Å²) in [6, 6.07) is 34.9. The predicted octanol–water partition coefficient (Wildman–Crippen LogP) is 6.59. The molecule has 0 fully saturated rings. The lowest BCUT2D eigenvalue weighted by atomic mass is 9.98. The molecule has 0 spiro atoms. The Morgan fingerprint density at radius 2 is 1.48 bits per heavy atom. The molecular weight excluding hydrogens is 600 g/mol. The van der Waals surface area contributed by atoms with E-state index in [0.717, 1.165) is 52.9 Å². The van der Waals surface area contributed by atoms with Crippen LogP contribution in [0.1, 0.15) is 56.1 Å². The van der Waals surface area contributed by atoms with Crippen molar-refractivity contribution >= 4 is 11.2 Å². The zero-order valence-electron chi connectivity index (χ0n) is 27.0. The zero-order chi connectivity index (χ0) is 33.0. The number of rotatable bonds is 11. The van der Waals surface area contributed by atoms with Crippen molar-refractivity contribution in [2.45, 2.75) is 52.1 Å². The smallest absolute Gasteiger partial charge is 0.318 e. The van der Waals surface area contributed by atoms with Crippen LogP contribution in [0.15, 0.2) is 119 Å². The number of H-pyrrole nitrogens is 1. The van der Waals surface area contributed by atoms with E-state index in [-0.39, 0.29) is 11.6 Å². The van der Waals surface area contributed by atoms with Gasteiger partial charge in [0.2, 0.25) is 5.82 Å². The van der Waals surface area contributed by atoms with Crippen molar-refractivity contribution < 1.29 is 0 Å². The number of nitrogens with zero attached hydrogens (tertiary/aromatic N) is 7. The molecule has 0 bridgehead atoms. The van der Waals surface area contributed by atoms with E-state index in [0.29, 0.717) is 35.6 Å². The molecule has 4 aromatic carbocycles. The number of tetrazole rings is 1. The average Bonchev–Trinajstić information content (AvgIpc) is 3.79. The van der Waals surface area contributed by atoms with E-state index >= 15 is 0 Å². The van der Waals surface area contributed by atoms with Gasteiger partial charge in [-0.25, -0.2) is 14.3 Å². The first-order valence-corrected chi connectivity index (χ1v) is 16.3. The Hall–Kier alpha value is -5.90. The molecule has 48 heavy (non-hydrogen) atoms. The highest BCUT2D eigenvalue weighted by Crippen LogP contribution is 2.30. The van der Waals surface area contributed by atoms with Crippen LogP contribution in [0.5, 0.6) is 0 Å². The lowest BCUT2D eigenvalue weighted by Gasteiger charge is -2.19. The first-order valence-electron chi connectivity index (χ1n) is 16.3. The quantitative estimate of drug-likeness (QED) is 0.160. The molecule has 0 radical (unpaired) electrons. The molecule has 0 saturated heterocycles. The van der Waals surface area contributed by atoms with Gasteiger partial charge in [-0.1, -0.05) is 117 Å². The molecule has 10 nitrogen and oxygen atoms in total. The topological polar surface area (TPSA) is 116 Å². The molecule has 0 saturated carbocycles. The van der Waals surface area contributed by atoms with Crippen LogP contribution in [-0.4, -0.2) is 39.3 Å². The number of hydrogen-bond donors (Lipinski definition) is 1. The van der Waals surface area contributed by atoms with Crippen molar-refractivity contribution in [3.05, 3.63) is 147 Å². The largest absolute Gasteiger partial charge is 0.337 e. The van der Waals surface area contributed by atoms with Crippen molar-refractivity contribution in [1.82, 2.24) is 39.3 Å². The third-order valence-corrected chi connectivity index (χ3v) is 8.87. The number of imidazole rings is 1. The fourth-order valence-electron chi connectivity index (χ4n) is 6.36. The highest BCUT2D eigenvalue weighted by Gasteiger charge is 2.25. The van der Waals surface area contributed by atoms with Gasteiger partial charge in [0, 0.05) is 18.5 Å². The van der Waals surface area contributed by atoms with Crippen LogP contribution in [0.25, 0.3) is 39.4 Å². The molecule has 1 N–H and O–H groups in total. The second-order valence-corrected chi connectivity index (χ2v) is 11.9. The third kappa shape index (κ3) is 5.77.